The lowest BCUT2D eigenvalue weighted by molar-refractivity contribution is -0.142. The van der Waals surface area contributed by atoms with E-state index in [4.69, 9.17) is 10.5 Å². The smallest absolute Gasteiger partial charge is 0.407 e. The molecule has 1 heterocycles. The van der Waals surface area contributed by atoms with Crippen molar-refractivity contribution in [1.82, 2.24) is 10.2 Å². The summed E-state index contributed by atoms with van der Waals surface area (Å²) in [6.45, 7) is 7.36. The van der Waals surface area contributed by atoms with Gasteiger partial charge >= 0.3 is 12.1 Å². The van der Waals surface area contributed by atoms with Crippen LogP contribution in [0, 0.1) is 17.7 Å². The minimum atomic E-state index is -1.39. The zero-order valence-corrected chi connectivity index (χ0v) is 24.5. The van der Waals surface area contributed by atoms with Crippen molar-refractivity contribution in [3.63, 3.8) is 0 Å². The van der Waals surface area contributed by atoms with Crippen molar-refractivity contribution < 1.29 is 33.4 Å². The molecule has 2 fully saturated rings. The van der Waals surface area contributed by atoms with Crippen molar-refractivity contribution in [3.8, 4) is 0 Å². The fraction of sp³-hybridized carbons (Fsp3) is 0.500. The van der Waals surface area contributed by atoms with Crippen LogP contribution in [0.3, 0.4) is 0 Å². The second kappa shape index (κ2) is 12.5. The van der Waals surface area contributed by atoms with Gasteiger partial charge in [-0.2, -0.15) is 0 Å². The molecule has 2 unspecified atom stereocenters. The van der Waals surface area contributed by atoms with E-state index in [2.05, 4.69) is 5.32 Å². The molecular weight excluding hydrogens is 541 g/mol. The highest BCUT2D eigenvalue weighted by Gasteiger charge is 2.50. The number of likely N-dealkylation sites (tertiary alicyclic amines) is 1. The third kappa shape index (κ3) is 6.74. The first-order valence-corrected chi connectivity index (χ1v) is 14.4. The Hall–Kier alpha value is -3.95. The van der Waals surface area contributed by atoms with Gasteiger partial charge in [0.2, 0.25) is 11.8 Å². The first-order chi connectivity index (χ1) is 19.8. The van der Waals surface area contributed by atoms with E-state index in [1.807, 2.05) is 25.1 Å². The Morgan fingerprint density at radius 2 is 1.67 bits per heavy atom. The molecule has 1 aliphatic heterocycles. The third-order valence-electron chi connectivity index (χ3n) is 8.49. The van der Waals surface area contributed by atoms with Gasteiger partial charge in [-0.3, -0.25) is 9.59 Å². The van der Waals surface area contributed by atoms with E-state index < -0.39 is 52.8 Å². The van der Waals surface area contributed by atoms with Gasteiger partial charge in [0.15, 0.2) is 0 Å². The van der Waals surface area contributed by atoms with Gasteiger partial charge in [0, 0.05) is 30.3 Å². The lowest BCUT2D eigenvalue weighted by Crippen LogP contribution is -2.49. The van der Waals surface area contributed by atoms with E-state index >= 15 is 4.39 Å². The van der Waals surface area contributed by atoms with Gasteiger partial charge in [-0.05, 0) is 76.5 Å². The maximum atomic E-state index is 15.5. The normalized spacial score (nSPS) is 25.0. The summed E-state index contributed by atoms with van der Waals surface area (Å²) in [6, 6.07) is 12.0. The van der Waals surface area contributed by atoms with Crippen molar-refractivity contribution in [1.29, 1.82) is 0 Å². The van der Waals surface area contributed by atoms with Gasteiger partial charge in [0.25, 0.3) is 0 Å². The molecule has 4 atom stereocenters. The van der Waals surface area contributed by atoms with Crippen molar-refractivity contribution in [2.45, 2.75) is 82.9 Å². The summed E-state index contributed by atoms with van der Waals surface area (Å²) in [5.41, 5.74) is 5.70. The van der Waals surface area contributed by atoms with Crippen LogP contribution in [0.2, 0.25) is 0 Å². The number of aromatic carboxylic acids is 1. The molecule has 3 amide bonds. The zero-order valence-electron chi connectivity index (χ0n) is 24.5. The number of carboxylic acids is 1. The predicted octanol–water partition coefficient (Wildman–Crippen LogP) is 4.81. The molecular formula is C32H40FN3O6. The Morgan fingerprint density at radius 3 is 2.24 bits per heavy atom. The largest absolute Gasteiger partial charge is 0.478 e. The lowest BCUT2D eigenvalue weighted by atomic mass is 9.78. The van der Waals surface area contributed by atoms with Crippen LogP contribution in [-0.2, 0) is 14.3 Å². The fourth-order valence-corrected chi connectivity index (χ4v) is 6.51. The average Bonchev–Trinajstić information content (AvgIpc) is 3.33. The number of nitrogens with one attached hydrogen (secondary N) is 1. The van der Waals surface area contributed by atoms with Gasteiger partial charge in [-0.1, -0.05) is 42.5 Å². The minimum absolute atomic E-state index is 0.0303. The highest BCUT2D eigenvalue weighted by Crippen LogP contribution is 2.46. The summed E-state index contributed by atoms with van der Waals surface area (Å²) < 4.78 is 20.9. The third-order valence-corrected chi connectivity index (χ3v) is 8.49. The molecule has 0 radical (unpaired) electrons. The number of rotatable bonds is 7. The number of carbonyl (C=O) groups is 4. The number of nitrogens with zero attached hydrogens (tertiary/aromatic N) is 1. The quantitative estimate of drug-likeness (QED) is 0.429. The average molecular weight is 582 g/mol. The Labute approximate surface area is 245 Å². The van der Waals surface area contributed by atoms with Crippen molar-refractivity contribution in [2.75, 3.05) is 6.54 Å². The number of nitrogens with two attached hydrogens (primary N) is 1. The van der Waals surface area contributed by atoms with Gasteiger partial charge < -0.3 is 25.8 Å². The molecule has 10 heteroatoms. The number of hydrogen-bond acceptors (Lipinski definition) is 5. The van der Waals surface area contributed by atoms with Crippen LogP contribution in [0.4, 0.5) is 9.18 Å². The monoisotopic (exact) mass is 581 g/mol. The molecule has 2 aromatic rings. The number of amides is 3. The van der Waals surface area contributed by atoms with Crippen molar-refractivity contribution in [3.05, 3.63) is 71.0 Å². The summed E-state index contributed by atoms with van der Waals surface area (Å²) in [6.07, 6.45) is 2.05. The molecule has 226 valence electrons. The second-order valence-electron chi connectivity index (χ2n) is 12.4. The minimum Gasteiger partial charge on any atom is -0.478 e. The molecule has 2 aromatic carbocycles. The van der Waals surface area contributed by atoms with Crippen LogP contribution in [0.15, 0.2) is 48.5 Å². The topological polar surface area (TPSA) is 139 Å². The summed E-state index contributed by atoms with van der Waals surface area (Å²) in [5.74, 6) is -4.72. The molecule has 4 rings (SSSR count). The predicted molar refractivity (Wildman–Crippen MR) is 154 cm³/mol. The van der Waals surface area contributed by atoms with Crippen LogP contribution in [0.5, 0.6) is 0 Å². The number of primary amides is 1. The van der Waals surface area contributed by atoms with E-state index in [0.717, 1.165) is 0 Å². The fourth-order valence-electron chi connectivity index (χ4n) is 6.51. The molecule has 4 N–H and O–H groups in total. The Balaban J connectivity index is 1.56. The molecule has 1 saturated carbocycles. The lowest BCUT2D eigenvalue weighted by Gasteiger charge is -2.35. The number of alkyl carbamates (subject to hydrolysis) is 1. The zero-order chi connectivity index (χ0) is 30.8. The van der Waals surface area contributed by atoms with E-state index in [-0.39, 0.29) is 35.9 Å². The first-order valence-electron chi connectivity index (χ1n) is 14.4. The number of hydrogen-bond donors (Lipinski definition) is 3. The van der Waals surface area contributed by atoms with Crippen LogP contribution < -0.4 is 11.1 Å². The summed E-state index contributed by atoms with van der Waals surface area (Å²) in [7, 11) is 0. The molecule has 0 aromatic heterocycles. The number of benzene rings is 2. The molecule has 1 saturated heterocycles. The standard InChI is InChI=1S/C32H40FN3O6/c1-18(35-31(41)42-32(2,3)4)19-13-15-21(16-14-19)29(38)36-17-24(22-11-8-12-23(26(22)33)30(39)40)25(27(36)28(34)37)20-9-6-5-7-10-20/h5-12,18-19,21,24-25,27H,13-17H2,1-4H3,(H2,34,37)(H,35,41)(H,39,40)/t18?,19?,21?,24?,25-,27+/m1/s1. The number of ether oxygens (including phenoxy) is 1. The Kier molecular flexibility index (Phi) is 9.23. The summed E-state index contributed by atoms with van der Waals surface area (Å²) in [4.78, 5) is 52.3. The SMILES string of the molecule is CC(NC(=O)OC(C)(C)C)C1CCC(C(=O)N2CC(c3cccc(C(=O)O)c3F)[C@@H](c3ccccc3)[C@H]2C(N)=O)CC1. The van der Waals surface area contributed by atoms with Crippen LogP contribution >= 0.6 is 0 Å². The van der Waals surface area contributed by atoms with E-state index in [1.54, 1.807) is 32.9 Å². The second-order valence-corrected chi connectivity index (χ2v) is 12.4. The molecule has 1 aliphatic carbocycles. The Morgan fingerprint density at radius 1 is 1.02 bits per heavy atom. The van der Waals surface area contributed by atoms with Crippen molar-refractivity contribution in [2.24, 2.45) is 17.6 Å². The van der Waals surface area contributed by atoms with E-state index in [9.17, 15) is 24.3 Å². The van der Waals surface area contributed by atoms with Gasteiger partial charge in [0.05, 0.1) is 5.56 Å². The number of halogens is 1. The summed E-state index contributed by atoms with van der Waals surface area (Å²) >= 11 is 0. The van der Waals surface area contributed by atoms with Crippen LogP contribution in [-0.4, -0.2) is 58.1 Å². The first kappa shape index (κ1) is 31.0. The maximum absolute atomic E-state index is 15.5. The summed E-state index contributed by atoms with van der Waals surface area (Å²) in [5, 5.41) is 12.4. The van der Waals surface area contributed by atoms with Crippen LogP contribution in [0.1, 0.15) is 86.7 Å². The van der Waals surface area contributed by atoms with Crippen molar-refractivity contribution >= 4 is 23.9 Å². The van der Waals surface area contributed by atoms with Crippen LogP contribution in [0.25, 0.3) is 0 Å². The van der Waals surface area contributed by atoms with E-state index in [1.165, 1.54) is 23.1 Å². The number of carbonyl (C=O) groups excluding carboxylic acids is 3. The van der Waals surface area contributed by atoms with E-state index in [0.29, 0.717) is 31.2 Å². The molecule has 0 bridgehead atoms. The highest BCUT2D eigenvalue weighted by molar-refractivity contribution is 5.90. The molecule has 0 spiro atoms. The van der Waals surface area contributed by atoms with Gasteiger partial charge in [-0.25, -0.2) is 14.0 Å². The highest BCUT2D eigenvalue weighted by atomic mass is 19.1. The molecule has 9 nitrogen and oxygen atoms in total. The Bertz CT molecular complexity index is 1320. The maximum Gasteiger partial charge on any atom is 0.407 e. The molecule has 42 heavy (non-hydrogen) atoms. The number of carboxylic acid groups (broad SMARTS) is 1. The van der Waals surface area contributed by atoms with Gasteiger partial charge in [-0.15, -0.1) is 0 Å². The van der Waals surface area contributed by atoms with Gasteiger partial charge in [0.1, 0.15) is 17.5 Å². The molecule has 2 aliphatic rings.